The first kappa shape index (κ1) is 21.6. The largest absolute Gasteiger partial charge is 0.365 e. The first-order chi connectivity index (χ1) is 16.5. The lowest BCUT2D eigenvalue weighted by Crippen LogP contribution is -2.40. The molecule has 3 heterocycles. The Labute approximate surface area is 196 Å². The quantitative estimate of drug-likeness (QED) is 0.453. The number of halogens is 1. The Morgan fingerprint density at radius 3 is 2.65 bits per heavy atom. The van der Waals surface area contributed by atoms with Crippen molar-refractivity contribution in [2.24, 2.45) is 12.8 Å². The molecule has 2 aromatic carbocycles. The summed E-state index contributed by atoms with van der Waals surface area (Å²) in [4.78, 5) is 10.7. The van der Waals surface area contributed by atoms with Gasteiger partial charge in [-0.3, -0.25) is 9.67 Å². The number of nitriles is 1. The molecule has 168 valence electrons. The third-order valence-electron chi connectivity index (χ3n) is 6.29. The molecular formula is C26H22FN7. The van der Waals surface area contributed by atoms with Crippen molar-refractivity contribution in [2.45, 2.75) is 18.9 Å². The van der Waals surface area contributed by atoms with Crippen LogP contribution in [0.5, 0.6) is 0 Å². The number of hydrogen-bond donors (Lipinski definition) is 1. The highest BCUT2D eigenvalue weighted by Gasteiger charge is 2.25. The zero-order valence-corrected chi connectivity index (χ0v) is 18.7. The predicted octanol–water partition coefficient (Wildman–Crippen LogP) is 4.79. The number of aryl methyl sites for hydroxylation is 1. The number of pyridine rings is 1. The molecule has 1 fully saturated rings. The van der Waals surface area contributed by atoms with Gasteiger partial charge in [-0.15, -0.1) is 0 Å². The lowest BCUT2D eigenvalue weighted by Gasteiger charge is -2.32. The summed E-state index contributed by atoms with van der Waals surface area (Å²) in [6, 6.07) is 12.3. The van der Waals surface area contributed by atoms with Crippen molar-refractivity contribution in [3.63, 3.8) is 0 Å². The van der Waals surface area contributed by atoms with E-state index in [0.717, 1.165) is 34.9 Å². The van der Waals surface area contributed by atoms with E-state index in [9.17, 15) is 9.65 Å². The molecular weight excluding hydrogens is 429 g/mol. The van der Waals surface area contributed by atoms with Gasteiger partial charge < -0.3 is 10.6 Å². The molecule has 34 heavy (non-hydrogen) atoms. The van der Waals surface area contributed by atoms with Gasteiger partial charge in [0.05, 0.1) is 17.7 Å². The highest BCUT2D eigenvalue weighted by molar-refractivity contribution is 5.98. The van der Waals surface area contributed by atoms with Gasteiger partial charge in [-0.25, -0.2) is 9.24 Å². The number of anilines is 1. The highest BCUT2D eigenvalue weighted by Crippen LogP contribution is 2.45. The van der Waals surface area contributed by atoms with Gasteiger partial charge >= 0.3 is 0 Å². The Morgan fingerprint density at radius 1 is 1.18 bits per heavy atom. The number of hydrogen-bond acceptors (Lipinski definition) is 5. The molecule has 1 saturated heterocycles. The summed E-state index contributed by atoms with van der Waals surface area (Å²) in [7, 11) is 1.86. The lowest BCUT2D eigenvalue weighted by molar-refractivity contribution is 0.499. The van der Waals surface area contributed by atoms with Crippen molar-refractivity contribution < 1.29 is 4.39 Å². The zero-order chi connectivity index (χ0) is 23.8. The maximum absolute atomic E-state index is 14.7. The molecule has 7 nitrogen and oxygen atoms in total. The molecule has 0 amide bonds. The minimum Gasteiger partial charge on any atom is -0.365 e. The van der Waals surface area contributed by atoms with E-state index in [1.165, 1.54) is 12.1 Å². The van der Waals surface area contributed by atoms with E-state index < -0.39 is 5.82 Å². The van der Waals surface area contributed by atoms with Crippen LogP contribution in [0.4, 0.5) is 15.9 Å². The summed E-state index contributed by atoms with van der Waals surface area (Å²) in [6.45, 7) is 9.45. The van der Waals surface area contributed by atoms with E-state index in [4.69, 9.17) is 17.3 Å². The standard InChI is InChI=1S/C26H22FN7/c1-30-25-24(17-3-4-18(13-28)22(27)12-17)21(14-31-26(25)34-9-7-20(29)8-10-34)16-5-6-23-19(11-16)15-33(2)32-23/h3-6,11-12,14-15,20H,7-10,29H2,2H3. The number of rotatable bonds is 3. The Kier molecular flexibility index (Phi) is 5.45. The fourth-order valence-electron chi connectivity index (χ4n) is 4.53. The number of fused-ring (bicyclic) bond motifs is 1. The summed E-state index contributed by atoms with van der Waals surface area (Å²) in [6.07, 6.45) is 5.31. The fraction of sp³-hybridized carbons (Fsp3) is 0.231. The maximum Gasteiger partial charge on any atom is 0.236 e. The second-order valence-electron chi connectivity index (χ2n) is 8.54. The van der Waals surface area contributed by atoms with Crippen LogP contribution in [0.1, 0.15) is 18.4 Å². The first-order valence-electron chi connectivity index (χ1n) is 11.0. The van der Waals surface area contributed by atoms with Gasteiger partial charge in [-0.05, 0) is 53.8 Å². The Bertz CT molecular complexity index is 1480. The second-order valence-corrected chi connectivity index (χ2v) is 8.54. The van der Waals surface area contributed by atoms with Gasteiger partial charge in [0, 0.05) is 49.5 Å². The zero-order valence-electron chi connectivity index (χ0n) is 18.7. The summed E-state index contributed by atoms with van der Waals surface area (Å²) in [5.74, 6) is -0.0419. The van der Waals surface area contributed by atoms with E-state index >= 15 is 0 Å². The van der Waals surface area contributed by atoms with Crippen LogP contribution in [0.25, 0.3) is 38.0 Å². The van der Waals surface area contributed by atoms with Crippen LogP contribution in [0.15, 0.2) is 48.8 Å². The summed E-state index contributed by atoms with van der Waals surface area (Å²) < 4.78 is 16.4. The molecule has 0 spiro atoms. The highest BCUT2D eigenvalue weighted by atomic mass is 19.1. The minimum atomic E-state index is -0.619. The van der Waals surface area contributed by atoms with Crippen LogP contribution in [-0.2, 0) is 7.05 Å². The van der Waals surface area contributed by atoms with E-state index in [-0.39, 0.29) is 11.6 Å². The molecule has 0 aliphatic carbocycles. The number of nitrogens with zero attached hydrogens (tertiary/aromatic N) is 6. The third kappa shape index (κ3) is 3.75. The molecule has 0 radical (unpaired) electrons. The Hall–Kier alpha value is -4.27. The van der Waals surface area contributed by atoms with Gasteiger partial charge in [-0.1, -0.05) is 12.1 Å². The third-order valence-corrected chi connectivity index (χ3v) is 6.29. The van der Waals surface area contributed by atoms with Crippen molar-refractivity contribution in [2.75, 3.05) is 18.0 Å². The van der Waals surface area contributed by atoms with Crippen molar-refractivity contribution >= 4 is 22.4 Å². The van der Waals surface area contributed by atoms with Crippen molar-refractivity contribution in [3.05, 3.63) is 71.6 Å². The average Bonchev–Trinajstić information content (AvgIpc) is 3.22. The molecule has 0 saturated carbocycles. The van der Waals surface area contributed by atoms with Crippen LogP contribution in [0, 0.1) is 23.7 Å². The van der Waals surface area contributed by atoms with E-state index in [2.05, 4.69) is 14.8 Å². The molecule has 0 unspecified atom stereocenters. The fourth-order valence-corrected chi connectivity index (χ4v) is 4.53. The van der Waals surface area contributed by atoms with Crippen LogP contribution in [0.3, 0.4) is 0 Å². The molecule has 1 aliphatic rings. The van der Waals surface area contributed by atoms with E-state index in [1.54, 1.807) is 16.9 Å². The maximum atomic E-state index is 14.7. The van der Waals surface area contributed by atoms with Gasteiger partial charge in [-0.2, -0.15) is 10.4 Å². The smallest absolute Gasteiger partial charge is 0.236 e. The van der Waals surface area contributed by atoms with Crippen molar-refractivity contribution in [1.82, 2.24) is 14.8 Å². The molecule has 0 bridgehead atoms. The van der Waals surface area contributed by atoms with Crippen LogP contribution in [0.2, 0.25) is 0 Å². The summed E-state index contributed by atoms with van der Waals surface area (Å²) in [5, 5.41) is 14.6. The Morgan fingerprint density at radius 2 is 1.94 bits per heavy atom. The van der Waals surface area contributed by atoms with Crippen LogP contribution < -0.4 is 10.6 Å². The first-order valence-corrected chi connectivity index (χ1v) is 11.0. The predicted molar refractivity (Wildman–Crippen MR) is 130 cm³/mol. The molecule has 2 aromatic heterocycles. The SMILES string of the molecule is [C-]#[N+]c1c(N2CCC(N)CC2)ncc(-c2ccc3nn(C)cc3c2)c1-c1ccc(C#N)c(F)c1. The number of aromatic nitrogens is 3. The molecule has 2 N–H and O–H groups in total. The Balaban J connectivity index is 1.74. The summed E-state index contributed by atoms with van der Waals surface area (Å²) >= 11 is 0. The lowest BCUT2D eigenvalue weighted by atomic mass is 9.93. The second kappa shape index (κ2) is 8.58. The van der Waals surface area contributed by atoms with Crippen LogP contribution >= 0.6 is 0 Å². The number of benzene rings is 2. The topological polar surface area (TPSA) is 88.1 Å². The van der Waals surface area contributed by atoms with E-state index in [0.29, 0.717) is 35.7 Å². The van der Waals surface area contributed by atoms with Gasteiger partial charge in [0.15, 0.2) is 0 Å². The van der Waals surface area contributed by atoms with Crippen molar-refractivity contribution in [3.8, 4) is 28.3 Å². The molecule has 0 atom stereocenters. The van der Waals surface area contributed by atoms with Gasteiger partial charge in [0.25, 0.3) is 0 Å². The molecule has 5 rings (SSSR count). The minimum absolute atomic E-state index is 0.0364. The summed E-state index contributed by atoms with van der Waals surface area (Å²) in [5.41, 5.74) is 9.96. The normalized spacial score (nSPS) is 14.2. The molecule has 1 aliphatic heterocycles. The average molecular weight is 452 g/mol. The number of nitrogens with two attached hydrogens (primary N) is 1. The molecule has 8 heteroatoms. The van der Waals surface area contributed by atoms with E-state index in [1.807, 2.05) is 37.5 Å². The monoisotopic (exact) mass is 451 g/mol. The van der Waals surface area contributed by atoms with Crippen LogP contribution in [-0.4, -0.2) is 33.9 Å². The van der Waals surface area contributed by atoms with Gasteiger partial charge in [0.2, 0.25) is 5.69 Å². The van der Waals surface area contributed by atoms with Gasteiger partial charge in [0.1, 0.15) is 17.7 Å². The van der Waals surface area contributed by atoms with Crippen molar-refractivity contribution in [1.29, 1.82) is 5.26 Å². The number of piperidine rings is 1. The molecule has 4 aromatic rings.